The molecule has 7 heteroatoms. The molecule has 0 fully saturated rings. The SMILES string of the molecule is CCCCCCCCCCCCc1ccccc1C(SCCC(=O)C(CC(=O)OC)C1=CC=CC=CN1)C(=O)OC. The van der Waals surface area contributed by atoms with Crippen LogP contribution in [0.5, 0.6) is 0 Å². The number of esters is 2. The maximum atomic E-state index is 13.3. The second-order valence-corrected chi connectivity index (χ2v) is 11.7. The van der Waals surface area contributed by atoms with Gasteiger partial charge in [-0.3, -0.25) is 14.4 Å². The molecule has 2 rings (SSSR count). The van der Waals surface area contributed by atoms with Gasteiger partial charge in [0.25, 0.3) is 0 Å². The molecule has 0 bridgehead atoms. The van der Waals surface area contributed by atoms with Crippen LogP contribution >= 0.6 is 11.8 Å². The van der Waals surface area contributed by atoms with Gasteiger partial charge in [0.05, 0.1) is 26.6 Å². The lowest BCUT2D eigenvalue weighted by Gasteiger charge is -2.20. The molecule has 0 saturated heterocycles. The molecule has 2 unspecified atom stereocenters. The molecule has 1 aromatic carbocycles. The molecule has 1 aliphatic rings. The molecular weight excluding hydrogens is 534 g/mol. The third-order valence-electron chi connectivity index (χ3n) is 7.39. The molecule has 0 radical (unpaired) electrons. The second-order valence-electron chi connectivity index (χ2n) is 10.5. The van der Waals surface area contributed by atoms with Gasteiger partial charge in [-0.05, 0) is 36.1 Å². The predicted octanol–water partition coefficient (Wildman–Crippen LogP) is 7.79. The van der Waals surface area contributed by atoms with Crippen LogP contribution < -0.4 is 5.32 Å². The first-order chi connectivity index (χ1) is 20.0. The van der Waals surface area contributed by atoms with E-state index in [-0.39, 0.29) is 24.6 Å². The molecule has 226 valence electrons. The Bertz CT molecular complexity index is 1030. The Morgan fingerprint density at radius 1 is 0.854 bits per heavy atom. The molecular formula is C34H49NO5S. The predicted molar refractivity (Wildman–Crippen MR) is 168 cm³/mol. The highest BCUT2D eigenvalue weighted by Gasteiger charge is 2.28. The molecule has 1 heterocycles. The number of methoxy groups -OCH3 is 2. The second kappa shape index (κ2) is 21.0. The molecule has 0 spiro atoms. The Morgan fingerprint density at radius 2 is 1.54 bits per heavy atom. The van der Waals surface area contributed by atoms with Gasteiger partial charge >= 0.3 is 11.9 Å². The number of ketones is 1. The number of allylic oxidation sites excluding steroid dienone is 5. The van der Waals surface area contributed by atoms with Crippen molar-refractivity contribution in [2.45, 2.75) is 95.6 Å². The van der Waals surface area contributed by atoms with Crippen molar-refractivity contribution in [3.8, 4) is 0 Å². The van der Waals surface area contributed by atoms with E-state index < -0.39 is 17.1 Å². The van der Waals surface area contributed by atoms with Crippen LogP contribution in [0.25, 0.3) is 0 Å². The number of unbranched alkanes of at least 4 members (excludes halogenated alkanes) is 9. The van der Waals surface area contributed by atoms with Crippen LogP contribution in [0.3, 0.4) is 0 Å². The molecule has 2 atom stereocenters. The lowest BCUT2D eigenvalue weighted by molar-refractivity contribution is -0.143. The number of aryl methyl sites for hydroxylation is 1. The van der Waals surface area contributed by atoms with Crippen molar-refractivity contribution in [3.63, 3.8) is 0 Å². The van der Waals surface area contributed by atoms with Gasteiger partial charge in [0.15, 0.2) is 0 Å². The van der Waals surface area contributed by atoms with E-state index in [1.807, 2.05) is 36.4 Å². The number of benzene rings is 1. The van der Waals surface area contributed by atoms with Gasteiger partial charge in [-0.15, -0.1) is 11.8 Å². The van der Waals surface area contributed by atoms with Gasteiger partial charge in [-0.25, -0.2) is 0 Å². The van der Waals surface area contributed by atoms with E-state index >= 15 is 0 Å². The summed E-state index contributed by atoms with van der Waals surface area (Å²) in [6.45, 7) is 2.25. The van der Waals surface area contributed by atoms with Crippen molar-refractivity contribution in [2.24, 2.45) is 5.92 Å². The third kappa shape index (κ3) is 13.2. The average Bonchev–Trinajstić information content (AvgIpc) is 3.28. The Balaban J connectivity index is 1.94. The van der Waals surface area contributed by atoms with Gasteiger partial charge in [-0.2, -0.15) is 0 Å². The van der Waals surface area contributed by atoms with Gasteiger partial charge in [0.1, 0.15) is 11.0 Å². The minimum atomic E-state index is -0.643. The number of hydrogen-bond donors (Lipinski definition) is 1. The topological polar surface area (TPSA) is 81.7 Å². The van der Waals surface area contributed by atoms with Gasteiger partial charge in [-0.1, -0.05) is 101 Å². The fourth-order valence-electron chi connectivity index (χ4n) is 5.00. The van der Waals surface area contributed by atoms with E-state index in [0.717, 1.165) is 24.0 Å². The van der Waals surface area contributed by atoms with E-state index in [1.165, 1.54) is 83.8 Å². The molecule has 0 aromatic heterocycles. The normalized spacial score (nSPS) is 14.0. The highest BCUT2D eigenvalue weighted by Crippen LogP contribution is 2.34. The first kappa shape index (κ1) is 34.4. The van der Waals surface area contributed by atoms with Crippen LogP contribution in [-0.4, -0.2) is 37.7 Å². The zero-order valence-electron chi connectivity index (χ0n) is 25.2. The summed E-state index contributed by atoms with van der Waals surface area (Å²) in [5.41, 5.74) is 2.78. The number of carbonyl (C=O) groups excluding carboxylic acids is 3. The number of ether oxygens (including phenoxy) is 2. The lowest BCUT2D eigenvalue weighted by atomic mass is 9.94. The summed E-state index contributed by atoms with van der Waals surface area (Å²) in [6, 6.07) is 8.07. The maximum Gasteiger partial charge on any atom is 0.323 e. The summed E-state index contributed by atoms with van der Waals surface area (Å²) in [6.07, 6.45) is 23.0. The van der Waals surface area contributed by atoms with Crippen molar-refractivity contribution in [1.82, 2.24) is 5.32 Å². The third-order valence-corrected chi connectivity index (χ3v) is 8.61. The lowest BCUT2D eigenvalue weighted by Crippen LogP contribution is -2.27. The fourth-order valence-corrected chi connectivity index (χ4v) is 6.20. The molecule has 1 aromatic rings. The van der Waals surface area contributed by atoms with Crippen LogP contribution in [0, 0.1) is 5.92 Å². The summed E-state index contributed by atoms with van der Waals surface area (Å²) in [5, 5.41) is 2.60. The van der Waals surface area contributed by atoms with Crippen molar-refractivity contribution in [1.29, 1.82) is 0 Å². The van der Waals surface area contributed by atoms with Crippen LogP contribution in [0.1, 0.15) is 100 Å². The standard InChI is InChI=1S/C34H49NO5S/c1-4-5-6-7-8-9-10-11-12-14-19-27-20-16-17-21-28(27)33(34(38)40-3)41-25-23-31(36)29(26-32(37)39-2)30-22-15-13-18-24-35-30/h13,15-18,20-22,24,29,33,35H,4-12,14,19,23,25-26H2,1-3H3. The summed E-state index contributed by atoms with van der Waals surface area (Å²) in [7, 11) is 2.73. The van der Waals surface area contributed by atoms with Gasteiger partial charge < -0.3 is 14.8 Å². The van der Waals surface area contributed by atoms with Crippen molar-refractivity contribution < 1.29 is 23.9 Å². The minimum Gasteiger partial charge on any atom is -0.469 e. The van der Waals surface area contributed by atoms with Crippen LogP contribution in [0.15, 0.2) is 60.5 Å². The first-order valence-electron chi connectivity index (χ1n) is 15.2. The Hall–Kier alpha value is -2.80. The summed E-state index contributed by atoms with van der Waals surface area (Å²) < 4.78 is 10.0. The first-order valence-corrected chi connectivity index (χ1v) is 16.2. The van der Waals surface area contributed by atoms with Crippen LogP contribution in [0.4, 0.5) is 0 Å². The zero-order valence-corrected chi connectivity index (χ0v) is 26.0. The zero-order chi connectivity index (χ0) is 29.7. The monoisotopic (exact) mass is 583 g/mol. The Morgan fingerprint density at radius 3 is 2.22 bits per heavy atom. The van der Waals surface area contributed by atoms with E-state index in [0.29, 0.717) is 11.4 Å². The number of thioether (sulfide) groups is 1. The average molecular weight is 584 g/mol. The number of nitrogens with one attached hydrogen (secondary N) is 1. The molecule has 1 aliphatic heterocycles. The van der Waals surface area contributed by atoms with Gasteiger partial charge in [0, 0.05) is 24.1 Å². The number of carbonyl (C=O) groups is 3. The minimum absolute atomic E-state index is 0.0391. The summed E-state index contributed by atoms with van der Waals surface area (Å²) in [4.78, 5) is 38.2. The van der Waals surface area contributed by atoms with Crippen molar-refractivity contribution in [3.05, 3.63) is 71.6 Å². The van der Waals surface area contributed by atoms with Gasteiger partial charge in [0.2, 0.25) is 0 Å². The smallest absolute Gasteiger partial charge is 0.323 e. The van der Waals surface area contributed by atoms with E-state index in [9.17, 15) is 14.4 Å². The maximum absolute atomic E-state index is 13.3. The molecule has 0 aliphatic carbocycles. The van der Waals surface area contributed by atoms with Crippen LogP contribution in [0.2, 0.25) is 0 Å². The number of hydrogen-bond acceptors (Lipinski definition) is 7. The molecule has 1 N–H and O–H groups in total. The molecule has 6 nitrogen and oxygen atoms in total. The highest BCUT2D eigenvalue weighted by molar-refractivity contribution is 8.00. The van der Waals surface area contributed by atoms with E-state index in [2.05, 4.69) is 18.3 Å². The van der Waals surface area contributed by atoms with Crippen molar-refractivity contribution in [2.75, 3.05) is 20.0 Å². The molecule has 0 amide bonds. The highest BCUT2D eigenvalue weighted by atomic mass is 32.2. The number of rotatable bonds is 21. The van der Waals surface area contributed by atoms with E-state index in [1.54, 1.807) is 12.3 Å². The van der Waals surface area contributed by atoms with Crippen LogP contribution in [-0.2, 0) is 30.3 Å². The van der Waals surface area contributed by atoms with Crippen molar-refractivity contribution >= 4 is 29.5 Å². The molecule has 41 heavy (non-hydrogen) atoms. The fraction of sp³-hybridized carbons (Fsp3) is 0.559. The summed E-state index contributed by atoms with van der Waals surface area (Å²) in [5.74, 6) is -1.04. The Kier molecular flexibility index (Phi) is 17.6. The molecule has 0 saturated carbocycles. The number of Topliss-reactive ketones (excluding diaryl/α,β-unsaturated/α-hetero) is 1. The Labute approximate surface area is 251 Å². The quantitative estimate of drug-likeness (QED) is 0.117. The largest absolute Gasteiger partial charge is 0.469 e. The van der Waals surface area contributed by atoms with E-state index in [4.69, 9.17) is 9.47 Å². The summed E-state index contributed by atoms with van der Waals surface area (Å²) >= 11 is 1.42.